The molecule has 2 aromatic heterocycles. The van der Waals surface area contributed by atoms with Crippen molar-refractivity contribution in [3.63, 3.8) is 0 Å². The minimum atomic E-state index is -0.491. The predicted octanol–water partition coefficient (Wildman–Crippen LogP) is 2.73. The molecule has 9 nitrogen and oxygen atoms in total. The molecule has 0 radical (unpaired) electrons. The number of aromatic amines is 1. The van der Waals surface area contributed by atoms with Crippen LogP contribution < -0.4 is 5.43 Å². The number of nitro benzene ring substituents is 1. The van der Waals surface area contributed by atoms with Gasteiger partial charge >= 0.3 is 0 Å². The molecule has 0 saturated carbocycles. The average molecular weight is 339 g/mol. The summed E-state index contributed by atoms with van der Waals surface area (Å²) in [5, 5.41) is 21.4. The Morgan fingerprint density at radius 2 is 2.16 bits per heavy atom. The Hall–Kier alpha value is -3.75. The van der Waals surface area contributed by atoms with Crippen molar-refractivity contribution < 1.29 is 14.1 Å². The van der Waals surface area contributed by atoms with Gasteiger partial charge in [0.25, 0.3) is 11.6 Å². The van der Waals surface area contributed by atoms with Gasteiger partial charge in [-0.3, -0.25) is 20.0 Å². The van der Waals surface area contributed by atoms with Crippen LogP contribution in [0.25, 0.3) is 11.3 Å². The Bertz CT molecular complexity index is 943. The lowest BCUT2D eigenvalue weighted by Gasteiger charge is -1.98. The summed E-state index contributed by atoms with van der Waals surface area (Å²) >= 11 is 0. The normalized spacial score (nSPS) is 11.3. The highest BCUT2D eigenvalue weighted by Gasteiger charge is 2.13. The second kappa shape index (κ2) is 6.79. The Kier molecular flexibility index (Phi) is 4.38. The zero-order chi connectivity index (χ0) is 17.8. The third-order valence-electron chi connectivity index (χ3n) is 3.38. The Labute approximate surface area is 141 Å². The number of carbonyl (C=O) groups excluding carboxylic acids is 1. The quantitative estimate of drug-likeness (QED) is 0.420. The molecule has 0 aliphatic carbocycles. The van der Waals surface area contributed by atoms with Crippen molar-refractivity contribution in [2.75, 3.05) is 0 Å². The smallest absolute Gasteiger partial charge is 0.289 e. The maximum atomic E-state index is 12.1. The number of hydrazone groups is 1. The van der Waals surface area contributed by atoms with Gasteiger partial charge in [-0.2, -0.15) is 10.2 Å². The number of furan rings is 1. The van der Waals surface area contributed by atoms with E-state index in [1.54, 1.807) is 31.2 Å². The number of nitro groups is 1. The molecule has 0 saturated heterocycles. The molecule has 126 valence electrons. The van der Waals surface area contributed by atoms with Crippen LogP contribution in [0.5, 0.6) is 0 Å². The van der Waals surface area contributed by atoms with E-state index in [1.165, 1.54) is 24.5 Å². The van der Waals surface area contributed by atoms with Gasteiger partial charge in [-0.15, -0.1) is 0 Å². The van der Waals surface area contributed by atoms with Gasteiger partial charge in [-0.1, -0.05) is 12.1 Å². The molecule has 9 heteroatoms. The van der Waals surface area contributed by atoms with E-state index in [9.17, 15) is 14.9 Å². The fraction of sp³-hybridized carbons (Fsp3) is 0.0625. The number of carbonyl (C=O) groups is 1. The first-order chi connectivity index (χ1) is 12.0. The molecule has 0 spiro atoms. The number of hydrogen-bond acceptors (Lipinski definition) is 6. The Balaban J connectivity index is 1.75. The van der Waals surface area contributed by atoms with Gasteiger partial charge in [0.05, 0.1) is 16.9 Å². The summed E-state index contributed by atoms with van der Waals surface area (Å²) in [6, 6.07) is 10.9. The van der Waals surface area contributed by atoms with Crippen LogP contribution in [0, 0.1) is 10.1 Å². The molecule has 1 amide bonds. The third kappa shape index (κ3) is 3.61. The van der Waals surface area contributed by atoms with Crippen LogP contribution in [0.4, 0.5) is 5.69 Å². The van der Waals surface area contributed by atoms with Crippen LogP contribution in [0.1, 0.15) is 23.2 Å². The second-order valence-corrected chi connectivity index (χ2v) is 5.09. The summed E-state index contributed by atoms with van der Waals surface area (Å²) in [5.41, 5.74) is 3.97. The maximum Gasteiger partial charge on any atom is 0.289 e. The number of amides is 1. The summed E-state index contributed by atoms with van der Waals surface area (Å²) in [4.78, 5) is 22.5. The number of benzene rings is 1. The average Bonchev–Trinajstić information content (AvgIpc) is 3.31. The summed E-state index contributed by atoms with van der Waals surface area (Å²) in [5.74, 6) is 0.0530. The standard InChI is InChI=1S/C16H13N5O4/c1-10(15-6-3-7-25-15)17-20-16(22)14-9-13(18-19-14)11-4-2-5-12(8-11)21(23)24/h2-9H,1H3,(H,18,19)(H,20,22). The largest absolute Gasteiger partial charge is 0.463 e. The van der Waals surface area contributed by atoms with Crippen LogP contribution >= 0.6 is 0 Å². The van der Waals surface area contributed by atoms with Gasteiger partial charge in [0, 0.05) is 17.7 Å². The fourth-order valence-electron chi connectivity index (χ4n) is 2.10. The molecule has 0 aliphatic rings. The number of H-pyrrole nitrogens is 1. The van der Waals surface area contributed by atoms with Crippen LogP contribution in [0.15, 0.2) is 58.2 Å². The van der Waals surface area contributed by atoms with Gasteiger partial charge < -0.3 is 4.42 Å². The van der Waals surface area contributed by atoms with Crippen molar-refractivity contribution in [2.24, 2.45) is 5.10 Å². The van der Waals surface area contributed by atoms with E-state index in [1.807, 2.05) is 0 Å². The molecular weight excluding hydrogens is 326 g/mol. The van der Waals surface area contributed by atoms with Crippen LogP contribution in [-0.2, 0) is 0 Å². The van der Waals surface area contributed by atoms with Crippen molar-refractivity contribution >= 4 is 17.3 Å². The zero-order valence-corrected chi connectivity index (χ0v) is 13.1. The number of nitrogens with one attached hydrogen (secondary N) is 2. The highest BCUT2D eigenvalue weighted by molar-refractivity contribution is 5.98. The van der Waals surface area contributed by atoms with Gasteiger partial charge in [-0.25, -0.2) is 5.43 Å². The van der Waals surface area contributed by atoms with Crippen LogP contribution in [-0.4, -0.2) is 26.7 Å². The minimum absolute atomic E-state index is 0.0508. The van der Waals surface area contributed by atoms with E-state index < -0.39 is 10.8 Å². The lowest BCUT2D eigenvalue weighted by Crippen LogP contribution is -2.19. The van der Waals surface area contributed by atoms with Crippen molar-refractivity contribution in [2.45, 2.75) is 6.92 Å². The molecule has 0 unspecified atom stereocenters. The molecule has 2 heterocycles. The van der Waals surface area contributed by atoms with Crippen molar-refractivity contribution in [1.29, 1.82) is 0 Å². The number of non-ortho nitro benzene ring substituents is 1. The molecule has 3 rings (SSSR count). The van der Waals surface area contributed by atoms with Crippen molar-refractivity contribution in [1.82, 2.24) is 15.6 Å². The predicted molar refractivity (Wildman–Crippen MR) is 89.1 cm³/mol. The van der Waals surface area contributed by atoms with Gasteiger partial charge in [0.2, 0.25) is 0 Å². The zero-order valence-electron chi connectivity index (χ0n) is 13.1. The number of rotatable bonds is 5. The van der Waals surface area contributed by atoms with Gasteiger partial charge in [-0.05, 0) is 25.1 Å². The molecule has 0 bridgehead atoms. The number of nitrogens with zero attached hydrogens (tertiary/aromatic N) is 3. The summed E-state index contributed by atoms with van der Waals surface area (Å²) < 4.78 is 5.17. The lowest BCUT2D eigenvalue weighted by molar-refractivity contribution is -0.384. The van der Waals surface area contributed by atoms with E-state index in [2.05, 4.69) is 20.7 Å². The van der Waals surface area contributed by atoms with Gasteiger partial charge in [0.15, 0.2) is 0 Å². The minimum Gasteiger partial charge on any atom is -0.463 e. The first-order valence-corrected chi connectivity index (χ1v) is 7.23. The summed E-state index contributed by atoms with van der Waals surface area (Å²) in [6.07, 6.45) is 1.51. The molecule has 0 atom stereocenters. The molecule has 0 fully saturated rings. The second-order valence-electron chi connectivity index (χ2n) is 5.09. The van der Waals surface area contributed by atoms with E-state index in [4.69, 9.17) is 4.42 Å². The molecule has 25 heavy (non-hydrogen) atoms. The Morgan fingerprint density at radius 3 is 2.88 bits per heavy atom. The van der Waals surface area contributed by atoms with Crippen LogP contribution in [0.2, 0.25) is 0 Å². The first-order valence-electron chi connectivity index (χ1n) is 7.23. The highest BCUT2D eigenvalue weighted by atomic mass is 16.6. The van der Waals surface area contributed by atoms with Gasteiger partial charge in [0.1, 0.15) is 17.2 Å². The van der Waals surface area contributed by atoms with E-state index in [-0.39, 0.29) is 11.4 Å². The van der Waals surface area contributed by atoms with Crippen molar-refractivity contribution in [3.8, 4) is 11.3 Å². The third-order valence-corrected chi connectivity index (χ3v) is 3.38. The van der Waals surface area contributed by atoms with Crippen molar-refractivity contribution in [3.05, 3.63) is 70.3 Å². The fourth-order valence-corrected chi connectivity index (χ4v) is 2.10. The topological polar surface area (TPSA) is 126 Å². The maximum absolute atomic E-state index is 12.1. The monoisotopic (exact) mass is 339 g/mol. The van der Waals surface area contributed by atoms with E-state index >= 15 is 0 Å². The number of aromatic nitrogens is 2. The highest BCUT2D eigenvalue weighted by Crippen LogP contribution is 2.22. The number of hydrogen-bond donors (Lipinski definition) is 2. The summed E-state index contributed by atoms with van der Waals surface area (Å²) in [7, 11) is 0. The first kappa shape index (κ1) is 16.1. The lowest BCUT2D eigenvalue weighted by atomic mass is 10.1. The molecule has 2 N–H and O–H groups in total. The molecule has 3 aromatic rings. The van der Waals surface area contributed by atoms with Crippen LogP contribution in [0.3, 0.4) is 0 Å². The summed E-state index contributed by atoms with van der Waals surface area (Å²) in [6.45, 7) is 1.70. The Morgan fingerprint density at radius 1 is 1.32 bits per heavy atom. The van der Waals surface area contributed by atoms with E-state index in [0.29, 0.717) is 22.7 Å². The molecule has 1 aromatic carbocycles. The SMILES string of the molecule is CC(=NNC(=O)c1cc(-c2cccc([N+](=O)[O-])c2)n[nH]1)c1ccco1. The van der Waals surface area contributed by atoms with E-state index in [0.717, 1.165) is 0 Å². The molecular formula is C16H13N5O4. The molecule has 0 aliphatic heterocycles.